The number of aliphatic hydroxyl groups is 1. The highest BCUT2D eigenvalue weighted by molar-refractivity contribution is 5.36. The summed E-state index contributed by atoms with van der Waals surface area (Å²) in [6.07, 6.45) is 0.278. The Hall–Kier alpha value is -1.06. The molecular formula is C13H21NO2. The topological polar surface area (TPSA) is 55.5 Å². The van der Waals surface area contributed by atoms with Gasteiger partial charge in [-0.25, -0.2) is 0 Å². The van der Waals surface area contributed by atoms with Crippen LogP contribution in [-0.4, -0.2) is 24.9 Å². The summed E-state index contributed by atoms with van der Waals surface area (Å²) in [5.74, 6) is 1.18. The van der Waals surface area contributed by atoms with Crippen LogP contribution in [0.3, 0.4) is 0 Å². The third-order valence-corrected chi connectivity index (χ3v) is 2.91. The van der Waals surface area contributed by atoms with E-state index in [1.807, 2.05) is 12.1 Å². The Balaban J connectivity index is 2.79. The number of aliphatic hydroxyl groups excluding tert-OH is 1. The maximum absolute atomic E-state index is 9.53. The Morgan fingerprint density at radius 3 is 2.62 bits per heavy atom. The van der Waals surface area contributed by atoms with Gasteiger partial charge in [-0.15, -0.1) is 0 Å². The lowest BCUT2D eigenvalue weighted by Crippen LogP contribution is -2.21. The van der Waals surface area contributed by atoms with E-state index in [0.717, 1.165) is 5.75 Å². The van der Waals surface area contributed by atoms with Crippen molar-refractivity contribution in [1.82, 2.24) is 0 Å². The molecular weight excluding hydrogens is 202 g/mol. The van der Waals surface area contributed by atoms with Crippen LogP contribution in [0.5, 0.6) is 5.75 Å². The van der Waals surface area contributed by atoms with Crippen LogP contribution in [-0.2, 0) is 0 Å². The molecule has 1 rings (SSSR count). The van der Waals surface area contributed by atoms with Crippen LogP contribution in [0.2, 0.25) is 0 Å². The molecule has 3 N–H and O–H groups in total. The number of hydrogen-bond donors (Lipinski definition) is 2. The fourth-order valence-electron chi connectivity index (χ4n) is 1.96. The zero-order chi connectivity index (χ0) is 12.1. The second-order valence-electron chi connectivity index (χ2n) is 4.25. The van der Waals surface area contributed by atoms with Crippen LogP contribution in [0.15, 0.2) is 18.2 Å². The van der Waals surface area contributed by atoms with Crippen LogP contribution in [0.1, 0.15) is 30.4 Å². The minimum absolute atomic E-state index is 0.310. The Morgan fingerprint density at radius 1 is 1.44 bits per heavy atom. The van der Waals surface area contributed by atoms with E-state index in [-0.39, 0.29) is 0 Å². The summed E-state index contributed by atoms with van der Waals surface area (Å²) < 4.78 is 5.16. The first-order valence-electron chi connectivity index (χ1n) is 5.61. The predicted molar refractivity (Wildman–Crippen MR) is 65.8 cm³/mol. The maximum atomic E-state index is 9.53. The van der Waals surface area contributed by atoms with E-state index >= 15 is 0 Å². The third kappa shape index (κ3) is 3.22. The van der Waals surface area contributed by atoms with Gasteiger partial charge in [0.15, 0.2) is 0 Å². The van der Waals surface area contributed by atoms with Gasteiger partial charge in [0, 0.05) is 6.54 Å². The Kier molecular flexibility index (Phi) is 4.77. The summed E-state index contributed by atoms with van der Waals surface area (Å²) in [7, 11) is 1.66. The lowest BCUT2D eigenvalue weighted by molar-refractivity contribution is 0.165. The minimum atomic E-state index is -0.420. The first-order valence-corrected chi connectivity index (χ1v) is 5.61. The number of ether oxygens (including phenoxy) is 1. The molecule has 2 unspecified atom stereocenters. The van der Waals surface area contributed by atoms with Gasteiger partial charge < -0.3 is 15.6 Å². The summed E-state index contributed by atoms with van der Waals surface area (Å²) in [4.78, 5) is 0. The number of hydrogen-bond acceptors (Lipinski definition) is 3. The van der Waals surface area contributed by atoms with Crippen molar-refractivity contribution in [1.29, 1.82) is 0 Å². The number of rotatable bonds is 5. The molecule has 1 aromatic rings. The molecule has 0 saturated carbocycles. The molecule has 0 heterocycles. The van der Waals surface area contributed by atoms with Crippen LogP contribution in [0.25, 0.3) is 0 Å². The molecule has 16 heavy (non-hydrogen) atoms. The summed E-state index contributed by atoms with van der Waals surface area (Å²) in [6, 6.07) is 6.02. The van der Waals surface area contributed by atoms with E-state index < -0.39 is 6.10 Å². The molecule has 90 valence electrons. The highest BCUT2D eigenvalue weighted by Crippen LogP contribution is 2.26. The van der Waals surface area contributed by atoms with Gasteiger partial charge in [0.1, 0.15) is 5.75 Å². The van der Waals surface area contributed by atoms with Gasteiger partial charge in [-0.1, -0.05) is 13.0 Å². The lowest BCUT2D eigenvalue weighted by Gasteiger charge is -2.18. The second-order valence-corrected chi connectivity index (χ2v) is 4.25. The van der Waals surface area contributed by atoms with Gasteiger partial charge in [-0.3, -0.25) is 0 Å². The van der Waals surface area contributed by atoms with Crippen molar-refractivity contribution < 1.29 is 9.84 Å². The SMILES string of the molecule is COc1ccc(C(C)CC(O)CN)c(C)c1. The van der Waals surface area contributed by atoms with Gasteiger partial charge in [0.05, 0.1) is 13.2 Å². The quantitative estimate of drug-likeness (QED) is 0.800. The van der Waals surface area contributed by atoms with Crippen molar-refractivity contribution in [3.63, 3.8) is 0 Å². The normalized spacial score (nSPS) is 14.6. The van der Waals surface area contributed by atoms with Gasteiger partial charge in [-0.05, 0) is 42.5 Å². The Labute approximate surface area is 97.2 Å². The zero-order valence-electron chi connectivity index (χ0n) is 10.2. The fourth-order valence-corrected chi connectivity index (χ4v) is 1.96. The fraction of sp³-hybridized carbons (Fsp3) is 0.538. The monoisotopic (exact) mass is 223 g/mol. The van der Waals surface area contributed by atoms with E-state index in [1.54, 1.807) is 7.11 Å². The standard InChI is InChI=1S/C13H21NO2/c1-9(6-11(15)8-14)13-5-4-12(16-3)7-10(13)2/h4-5,7,9,11,15H,6,8,14H2,1-3H3. The number of nitrogens with two attached hydrogens (primary N) is 1. The van der Waals surface area contributed by atoms with E-state index in [2.05, 4.69) is 19.9 Å². The van der Waals surface area contributed by atoms with E-state index in [1.165, 1.54) is 11.1 Å². The second kappa shape index (κ2) is 5.87. The maximum Gasteiger partial charge on any atom is 0.119 e. The molecule has 2 atom stereocenters. The molecule has 0 amide bonds. The average Bonchev–Trinajstić information content (AvgIpc) is 2.28. The first kappa shape index (κ1) is 13.0. The third-order valence-electron chi connectivity index (χ3n) is 2.91. The molecule has 0 spiro atoms. The lowest BCUT2D eigenvalue weighted by atomic mass is 9.91. The summed E-state index contributed by atoms with van der Waals surface area (Å²) in [6.45, 7) is 4.48. The smallest absolute Gasteiger partial charge is 0.119 e. The minimum Gasteiger partial charge on any atom is -0.497 e. The Morgan fingerprint density at radius 2 is 2.12 bits per heavy atom. The van der Waals surface area contributed by atoms with Crippen LogP contribution in [0, 0.1) is 6.92 Å². The van der Waals surface area contributed by atoms with Gasteiger partial charge in [0.25, 0.3) is 0 Å². The van der Waals surface area contributed by atoms with Crippen LogP contribution >= 0.6 is 0 Å². The average molecular weight is 223 g/mol. The molecule has 0 aliphatic carbocycles. The van der Waals surface area contributed by atoms with E-state index in [4.69, 9.17) is 10.5 Å². The van der Waals surface area contributed by atoms with Crippen molar-refractivity contribution in [2.75, 3.05) is 13.7 Å². The van der Waals surface area contributed by atoms with Crippen molar-refractivity contribution >= 4 is 0 Å². The number of benzene rings is 1. The van der Waals surface area contributed by atoms with Crippen LogP contribution in [0.4, 0.5) is 0 Å². The number of aryl methyl sites for hydroxylation is 1. The summed E-state index contributed by atoms with van der Waals surface area (Å²) in [5.41, 5.74) is 7.85. The van der Waals surface area contributed by atoms with Crippen molar-refractivity contribution in [3.8, 4) is 5.75 Å². The molecule has 0 radical (unpaired) electrons. The summed E-state index contributed by atoms with van der Waals surface area (Å²) >= 11 is 0. The molecule has 0 aliphatic heterocycles. The largest absolute Gasteiger partial charge is 0.497 e. The van der Waals surface area contributed by atoms with Crippen molar-refractivity contribution in [3.05, 3.63) is 29.3 Å². The molecule has 0 aliphatic rings. The van der Waals surface area contributed by atoms with Gasteiger partial charge in [0.2, 0.25) is 0 Å². The number of methoxy groups -OCH3 is 1. The highest BCUT2D eigenvalue weighted by Gasteiger charge is 2.13. The van der Waals surface area contributed by atoms with Crippen molar-refractivity contribution in [2.24, 2.45) is 5.73 Å². The predicted octanol–water partition coefficient (Wildman–Crippen LogP) is 1.82. The molecule has 3 heteroatoms. The molecule has 0 bridgehead atoms. The Bertz CT molecular complexity index is 339. The van der Waals surface area contributed by atoms with Gasteiger partial charge >= 0.3 is 0 Å². The van der Waals surface area contributed by atoms with Gasteiger partial charge in [-0.2, -0.15) is 0 Å². The van der Waals surface area contributed by atoms with Crippen LogP contribution < -0.4 is 10.5 Å². The molecule has 0 saturated heterocycles. The molecule has 0 aromatic heterocycles. The van der Waals surface area contributed by atoms with Crippen molar-refractivity contribution in [2.45, 2.75) is 32.3 Å². The van der Waals surface area contributed by atoms with E-state index in [9.17, 15) is 5.11 Å². The zero-order valence-corrected chi connectivity index (χ0v) is 10.2. The molecule has 0 fully saturated rings. The first-order chi connectivity index (χ1) is 7.58. The van der Waals surface area contributed by atoms with E-state index in [0.29, 0.717) is 18.9 Å². The highest BCUT2D eigenvalue weighted by atomic mass is 16.5. The molecule has 3 nitrogen and oxygen atoms in total. The summed E-state index contributed by atoms with van der Waals surface area (Å²) in [5, 5.41) is 9.53. The molecule has 1 aromatic carbocycles.